The van der Waals surface area contributed by atoms with E-state index in [9.17, 15) is 4.79 Å². The van der Waals surface area contributed by atoms with Crippen LogP contribution in [-0.2, 0) is 4.79 Å². The summed E-state index contributed by atoms with van der Waals surface area (Å²) in [5.41, 5.74) is 8.01. The number of amides is 1. The van der Waals surface area contributed by atoms with Crippen LogP contribution in [-0.4, -0.2) is 23.2 Å². The number of nitrogens with one attached hydrogen (secondary N) is 2. The van der Waals surface area contributed by atoms with Gasteiger partial charge in [-0.15, -0.1) is 0 Å². The van der Waals surface area contributed by atoms with Crippen molar-refractivity contribution in [1.82, 2.24) is 10.4 Å². The summed E-state index contributed by atoms with van der Waals surface area (Å²) in [5, 5.41) is 6.22. The summed E-state index contributed by atoms with van der Waals surface area (Å²) in [7, 11) is 0. The first-order chi connectivity index (χ1) is 13.2. The average molecular weight is 379 g/mol. The lowest BCUT2D eigenvalue weighted by atomic mass is 10.3. The minimum Gasteiger partial charge on any atom is -0.494 e. The molecule has 1 aliphatic heterocycles. The highest BCUT2D eigenvalue weighted by atomic mass is 32.1. The molecule has 0 bridgehead atoms. The molecule has 0 radical (unpaired) electrons. The van der Waals surface area contributed by atoms with Gasteiger partial charge >= 0.3 is 0 Å². The monoisotopic (exact) mass is 379 g/mol. The van der Waals surface area contributed by atoms with Crippen molar-refractivity contribution >= 4 is 44.0 Å². The van der Waals surface area contributed by atoms with Crippen molar-refractivity contribution < 1.29 is 9.53 Å². The maximum atomic E-state index is 12.6. The molecule has 2 heterocycles. The second-order valence-electron chi connectivity index (χ2n) is 5.72. The van der Waals surface area contributed by atoms with E-state index in [0.29, 0.717) is 17.4 Å². The second kappa shape index (κ2) is 7.08. The fourth-order valence-electron chi connectivity index (χ4n) is 2.66. The minimum absolute atomic E-state index is 0.216. The molecule has 7 nitrogen and oxygen atoms in total. The summed E-state index contributed by atoms with van der Waals surface area (Å²) in [6.45, 7) is 6.42. The van der Waals surface area contributed by atoms with Crippen molar-refractivity contribution in [2.24, 2.45) is 5.10 Å². The maximum absolute atomic E-state index is 12.6. The molecule has 1 aromatic heterocycles. The van der Waals surface area contributed by atoms with Gasteiger partial charge in [-0.3, -0.25) is 15.6 Å². The highest BCUT2D eigenvalue weighted by Crippen LogP contribution is 2.29. The molecule has 3 aromatic rings. The molecule has 0 atom stereocenters. The van der Waals surface area contributed by atoms with Gasteiger partial charge in [-0.1, -0.05) is 36.1 Å². The van der Waals surface area contributed by atoms with Gasteiger partial charge in [0.2, 0.25) is 5.13 Å². The molecule has 0 spiro atoms. The van der Waals surface area contributed by atoms with Crippen LogP contribution in [0.5, 0.6) is 5.75 Å². The standard InChI is InChI=1S/C19H17N5O2S/c1-3-26-14-9-10-15-16(11-14)27-19(20-15)22-21-17-12(2)23-24(18(17)25)13-7-5-4-6-8-13/h4-11,23H,2-3H2,1H3,(H,20,22)/b21-17-. The maximum Gasteiger partial charge on any atom is 0.299 e. The first-order valence-electron chi connectivity index (χ1n) is 8.38. The van der Waals surface area contributed by atoms with Crippen LogP contribution in [0.3, 0.4) is 0 Å². The molecule has 1 aliphatic rings. The zero-order chi connectivity index (χ0) is 18.8. The van der Waals surface area contributed by atoms with Gasteiger partial charge in [0.1, 0.15) is 5.75 Å². The lowest BCUT2D eigenvalue weighted by Crippen LogP contribution is -2.34. The molecule has 0 aliphatic carbocycles. The molecule has 27 heavy (non-hydrogen) atoms. The fraction of sp³-hybridized carbons (Fsp3) is 0.105. The van der Waals surface area contributed by atoms with Gasteiger partial charge in [0.15, 0.2) is 5.71 Å². The van der Waals surface area contributed by atoms with Crippen molar-refractivity contribution in [2.45, 2.75) is 6.92 Å². The predicted octanol–water partition coefficient (Wildman–Crippen LogP) is 3.53. The number of hydrogen-bond donors (Lipinski definition) is 2. The Labute approximate surface area is 159 Å². The summed E-state index contributed by atoms with van der Waals surface area (Å²) in [6, 6.07) is 15.0. The van der Waals surface area contributed by atoms with Crippen LogP contribution in [0.1, 0.15) is 6.92 Å². The minimum atomic E-state index is -0.279. The molecule has 8 heteroatoms. The Hall–Kier alpha value is -3.39. The number of benzene rings is 2. The highest BCUT2D eigenvalue weighted by molar-refractivity contribution is 7.22. The van der Waals surface area contributed by atoms with Gasteiger partial charge < -0.3 is 4.74 Å². The summed E-state index contributed by atoms with van der Waals surface area (Å²) in [6.07, 6.45) is 0. The predicted molar refractivity (Wildman–Crippen MR) is 108 cm³/mol. The molecule has 2 N–H and O–H groups in total. The van der Waals surface area contributed by atoms with E-state index in [1.54, 1.807) is 0 Å². The summed E-state index contributed by atoms with van der Waals surface area (Å²) in [4.78, 5) is 17.1. The second-order valence-corrected chi connectivity index (χ2v) is 6.75. The topological polar surface area (TPSA) is 78.9 Å². The van der Waals surface area contributed by atoms with E-state index < -0.39 is 0 Å². The molecule has 4 rings (SSSR count). The number of carbonyl (C=O) groups is 1. The van der Waals surface area contributed by atoms with Crippen LogP contribution in [0.2, 0.25) is 0 Å². The van der Waals surface area contributed by atoms with E-state index in [1.807, 2.05) is 55.5 Å². The third-order valence-electron chi connectivity index (χ3n) is 3.89. The van der Waals surface area contributed by atoms with E-state index >= 15 is 0 Å². The van der Waals surface area contributed by atoms with E-state index in [1.165, 1.54) is 16.3 Å². The number of para-hydroxylation sites is 1. The first-order valence-corrected chi connectivity index (χ1v) is 9.20. The molecule has 0 unspecified atom stereocenters. The lowest BCUT2D eigenvalue weighted by Gasteiger charge is -2.14. The number of hydrogen-bond acceptors (Lipinski definition) is 7. The van der Waals surface area contributed by atoms with Gasteiger partial charge in [-0.05, 0) is 37.3 Å². The molecule has 136 valence electrons. The van der Waals surface area contributed by atoms with Crippen LogP contribution in [0.15, 0.2) is 65.9 Å². The molecule has 1 fully saturated rings. The van der Waals surface area contributed by atoms with Crippen LogP contribution in [0, 0.1) is 0 Å². The van der Waals surface area contributed by atoms with Gasteiger partial charge in [-0.25, -0.2) is 9.99 Å². The number of fused-ring (bicyclic) bond motifs is 1. The number of rotatable bonds is 5. The largest absolute Gasteiger partial charge is 0.494 e. The van der Waals surface area contributed by atoms with E-state index in [2.05, 4.69) is 27.5 Å². The lowest BCUT2D eigenvalue weighted by molar-refractivity contribution is -0.112. The first kappa shape index (κ1) is 17.0. The zero-order valence-electron chi connectivity index (χ0n) is 14.6. The van der Waals surface area contributed by atoms with Gasteiger partial charge in [0.05, 0.1) is 28.2 Å². The van der Waals surface area contributed by atoms with Gasteiger partial charge in [0.25, 0.3) is 5.91 Å². The van der Waals surface area contributed by atoms with Crippen molar-refractivity contribution in [3.8, 4) is 5.75 Å². The quantitative estimate of drug-likeness (QED) is 0.663. The zero-order valence-corrected chi connectivity index (χ0v) is 15.4. The van der Waals surface area contributed by atoms with Crippen LogP contribution >= 0.6 is 11.3 Å². The van der Waals surface area contributed by atoms with Crippen molar-refractivity contribution in [3.63, 3.8) is 0 Å². The summed E-state index contributed by atoms with van der Waals surface area (Å²) >= 11 is 1.44. The number of anilines is 2. The Morgan fingerprint density at radius 1 is 1.30 bits per heavy atom. The number of thiazole rings is 1. The van der Waals surface area contributed by atoms with Crippen LogP contribution in [0.25, 0.3) is 10.2 Å². The van der Waals surface area contributed by atoms with Crippen molar-refractivity contribution in [2.75, 3.05) is 17.0 Å². The number of hydrazone groups is 1. The molecule has 1 saturated heterocycles. The number of hydrazine groups is 1. The SMILES string of the molecule is C=C1NN(c2ccccc2)C(=O)/C1=N\Nc1nc2ccc(OCC)cc2s1. The summed E-state index contributed by atoms with van der Waals surface area (Å²) < 4.78 is 6.48. The number of aromatic nitrogens is 1. The molecule has 1 amide bonds. The normalized spacial score (nSPS) is 15.4. The summed E-state index contributed by atoms with van der Waals surface area (Å²) in [5.74, 6) is 0.520. The number of nitrogens with zero attached hydrogens (tertiary/aromatic N) is 3. The van der Waals surface area contributed by atoms with E-state index in [0.717, 1.165) is 21.7 Å². The molecular weight excluding hydrogens is 362 g/mol. The molecular formula is C19H17N5O2S. The smallest absolute Gasteiger partial charge is 0.299 e. The Morgan fingerprint density at radius 3 is 2.89 bits per heavy atom. The Morgan fingerprint density at radius 2 is 2.11 bits per heavy atom. The molecule has 0 saturated carbocycles. The Bertz CT molecular complexity index is 1040. The van der Waals surface area contributed by atoms with Crippen LogP contribution < -0.4 is 20.6 Å². The van der Waals surface area contributed by atoms with Gasteiger partial charge in [-0.2, -0.15) is 5.10 Å². The third kappa shape index (κ3) is 3.34. The Balaban J connectivity index is 1.54. The number of ether oxygens (including phenoxy) is 1. The van der Waals surface area contributed by atoms with E-state index in [4.69, 9.17) is 4.74 Å². The van der Waals surface area contributed by atoms with Crippen LogP contribution in [0.4, 0.5) is 10.8 Å². The van der Waals surface area contributed by atoms with E-state index in [-0.39, 0.29) is 11.6 Å². The highest BCUT2D eigenvalue weighted by Gasteiger charge is 2.32. The fourth-order valence-corrected chi connectivity index (χ4v) is 3.50. The third-order valence-corrected chi connectivity index (χ3v) is 4.81. The average Bonchev–Trinajstić information content (AvgIpc) is 3.21. The van der Waals surface area contributed by atoms with Gasteiger partial charge in [0, 0.05) is 0 Å². The Kier molecular flexibility index (Phi) is 4.47. The molecule has 2 aromatic carbocycles. The number of carbonyl (C=O) groups excluding carboxylic acids is 1. The van der Waals surface area contributed by atoms with Crippen molar-refractivity contribution in [1.29, 1.82) is 0 Å². The van der Waals surface area contributed by atoms with Crippen molar-refractivity contribution in [3.05, 3.63) is 60.8 Å².